The zero-order valence-corrected chi connectivity index (χ0v) is 20.6. The zero-order chi connectivity index (χ0) is 28.3. The van der Waals surface area contributed by atoms with Crippen molar-refractivity contribution < 1.29 is 48.3 Å². The summed E-state index contributed by atoms with van der Waals surface area (Å²) in [5, 5.41) is 2.42. The van der Waals surface area contributed by atoms with E-state index in [4.69, 9.17) is 0 Å². The molecule has 1 saturated heterocycles. The maximum Gasteiger partial charge on any atom is 0.435 e. The smallest absolute Gasteiger partial charge is 0.358 e. The van der Waals surface area contributed by atoms with Crippen LogP contribution in [0, 0.1) is 5.82 Å². The number of nitrogens with one attached hydrogen (secondary N) is 1. The van der Waals surface area contributed by atoms with Gasteiger partial charge in [0, 0.05) is 25.2 Å². The van der Waals surface area contributed by atoms with Gasteiger partial charge in [-0.3, -0.25) is 9.69 Å². The highest BCUT2D eigenvalue weighted by Crippen LogP contribution is 2.56. The monoisotopic (exact) mass is 570 g/mol. The number of halogens is 8. The van der Waals surface area contributed by atoms with Crippen LogP contribution in [0.1, 0.15) is 29.5 Å². The van der Waals surface area contributed by atoms with Gasteiger partial charge < -0.3 is 5.32 Å². The third-order valence-corrected chi connectivity index (χ3v) is 9.95. The summed E-state index contributed by atoms with van der Waals surface area (Å²) in [6, 6.07) is 4.50. The second kappa shape index (κ2) is 9.18. The van der Waals surface area contributed by atoms with Crippen molar-refractivity contribution in [3.05, 3.63) is 65.0 Å². The van der Waals surface area contributed by atoms with E-state index in [1.54, 1.807) is 4.90 Å². The van der Waals surface area contributed by atoms with Crippen molar-refractivity contribution in [2.75, 3.05) is 20.1 Å². The predicted octanol–water partition coefficient (Wildman–Crippen LogP) is 4.55. The lowest BCUT2D eigenvalue weighted by molar-refractivity contribution is -0.348. The minimum absolute atomic E-state index is 0.0504. The third kappa shape index (κ3) is 4.07. The van der Waals surface area contributed by atoms with Crippen LogP contribution in [0.5, 0.6) is 0 Å². The van der Waals surface area contributed by atoms with Crippen molar-refractivity contribution in [1.29, 1.82) is 0 Å². The van der Waals surface area contributed by atoms with Crippen LogP contribution >= 0.6 is 0 Å². The van der Waals surface area contributed by atoms with Gasteiger partial charge in [0.05, 0.1) is 11.4 Å². The van der Waals surface area contributed by atoms with Gasteiger partial charge in [-0.1, -0.05) is 18.2 Å². The number of nitrogens with zero attached hydrogens (tertiary/aromatic N) is 1. The lowest BCUT2D eigenvalue weighted by atomic mass is 9.77. The Morgan fingerprint density at radius 3 is 2.18 bits per heavy atom. The minimum Gasteiger partial charge on any atom is -0.358 e. The molecule has 2 aromatic rings. The second-order valence-corrected chi connectivity index (χ2v) is 11.5. The number of fused-ring (bicyclic) bond motifs is 3. The molecule has 2 aliphatic rings. The second-order valence-electron chi connectivity index (χ2n) is 9.32. The molecule has 1 aliphatic carbocycles. The Morgan fingerprint density at radius 2 is 1.63 bits per heavy atom. The molecule has 5 nitrogen and oxygen atoms in total. The maximum atomic E-state index is 14.8. The highest BCUT2D eigenvalue weighted by Gasteiger charge is 2.73. The molecule has 38 heavy (non-hydrogen) atoms. The quantitative estimate of drug-likeness (QED) is 0.423. The van der Waals surface area contributed by atoms with E-state index in [1.165, 1.54) is 7.05 Å². The molecule has 1 N–H and O–H groups in total. The number of amides is 1. The fourth-order valence-corrected chi connectivity index (χ4v) is 7.99. The van der Waals surface area contributed by atoms with Gasteiger partial charge in [0.1, 0.15) is 10.6 Å². The van der Waals surface area contributed by atoms with Gasteiger partial charge in [0.2, 0.25) is 5.91 Å². The number of likely N-dealkylation sites (tertiary alicyclic amines) is 1. The molecule has 14 heteroatoms. The maximum absolute atomic E-state index is 14.8. The van der Waals surface area contributed by atoms with Gasteiger partial charge in [-0.2, -0.15) is 26.3 Å². The molecule has 2 atom stereocenters. The molecule has 0 saturated carbocycles. The highest BCUT2D eigenvalue weighted by atomic mass is 32.2. The van der Waals surface area contributed by atoms with Crippen LogP contribution < -0.4 is 5.32 Å². The van der Waals surface area contributed by atoms with E-state index in [-0.39, 0.29) is 48.4 Å². The largest absolute Gasteiger partial charge is 0.435 e. The molecule has 0 spiro atoms. The molecule has 1 heterocycles. The van der Waals surface area contributed by atoms with E-state index in [9.17, 15) is 48.3 Å². The van der Waals surface area contributed by atoms with Gasteiger partial charge in [-0.25, -0.2) is 17.2 Å². The molecule has 4 rings (SSSR count). The zero-order valence-electron chi connectivity index (χ0n) is 19.8. The Labute approximate surface area is 212 Å². The number of hydrogen-bond donors (Lipinski definition) is 1. The van der Waals surface area contributed by atoms with Gasteiger partial charge in [-0.15, -0.1) is 0 Å². The number of aryl methyl sites for hydroxylation is 1. The SMILES string of the molecule is CNC(=O)CN1CC[C@@]2(S(=O)(=O)c3ccc(F)cc3)c3ccc(C(F)(C(F)(F)F)C(F)(F)F)cc3CC[C@@H]12. The van der Waals surface area contributed by atoms with E-state index in [1.807, 2.05) is 0 Å². The van der Waals surface area contributed by atoms with Crippen LogP contribution in [0.4, 0.5) is 35.1 Å². The lowest BCUT2D eigenvalue weighted by Gasteiger charge is -2.43. The van der Waals surface area contributed by atoms with E-state index in [0.717, 1.165) is 30.3 Å². The Morgan fingerprint density at radius 1 is 1.03 bits per heavy atom. The van der Waals surface area contributed by atoms with Crippen molar-refractivity contribution in [2.45, 2.75) is 53.0 Å². The summed E-state index contributed by atoms with van der Waals surface area (Å²) >= 11 is 0. The van der Waals surface area contributed by atoms with E-state index in [2.05, 4.69) is 5.32 Å². The van der Waals surface area contributed by atoms with Gasteiger partial charge >= 0.3 is 18.0 Å². The molecule has 0 unspecified atom stereocenters. The van der Waals surface area contributed by atoms with Gasteiger partial charge in [0.15, 0.2) is 9.84 Å². The molecular formula is C24H22F8N2O3S. The van der Waals surface area contributed by atoms with Crippen LogP contribution in [0.2, 0.25) is 0 Å². The van der Waals surface area contributed by atoms with Crippen LogP contribution in [0.25, 0.3) is 0 Å². The fraction of sp³-hybridized carbons (Fsp3) is 0.458. The Balaban J connectivity index is 1.93. The topological polar surface area (TPSA) is 66.5 Å². The predicted molar refractivity (Wildman–Crippen MR) is 119 cm³/mol. The summed E-state index contributed by atoms with van der Waals surface area (Å²) in [7, 11) is -3.07. The minimum atomic E-state index is -6.33. The fourth-order valence-electron chi connectivity index (χ4n) is 5.60. The average molecular weight is 571 g/mol. The van der Waals surface area contributed by atoms with Crippen LogP contribution in [0.3, 0.4) is 0 Å². The number of benzene rings is 2. The van der Waals surface area contributed by atoms with Crippen molar-refractivity contribution in [1.82, 2.24) is 10.2 Å². The van der Waals surface area contributed by atoms with E-state index in [0.29, 0.717) is 12.1 Å². The first-order chi connectivity index (χ1) is 17.5. The summed E-state index contributed by atoms with van der Waals surface area (Å²) in [5.41, 5.74) is -7.63. The molecular weight excluding hydrogens is 548 g/mol. The Bertz CT molecular complexity index is 1330. The first kappa shape index (κ1) is 28.3. The first-order valence-electron chi connectivity index (χ1n) is 11.4. The standard InChI is InChI=1S/C24H22F8N2O3S/c1-33-20(35)13-34-11-10-21(38(36,37)17-6-4-16(25)5-7-17)18-8-3-15(12-14(18)2-9-19(21)34)22(26,23(27,28)29)24(30,31)32/h3-8,12,19H,2,9-11,13H2,1H3,(H,33,35)/t19-,21-/m1/s1. The molecule has 2 aromatic carbocycles. The van der Waals surface area contributed by atoms with Crippen molar-refractivity contribution >= 4 is 15.7 Å². The number of carbonyl (C=O) groups is 1. The molecule has 0 radical (unpaired) electrons. The highest BCUT2D eigenvalue weighted by molar-refractivity contribution is 7.92. The molecule has 1 fully saturated rings. The van der Waals surface area contributed by atoms with Crippen molar-refractivity contribution in [2.24, 2.45) is 0 Å². The average Bonchev–Trinajstić information content (AvgIpc) is 3.22. The molecule has 0 aromatic heterocycles. The molecule has 208 valence electrons. The van der Waals surface area contributed by atoms with Crippen molar-refractivity contribution in [3.63, 3.8) is 0 Å². The number of rotatable bonds is 5. The Kier molecular flexibility index (Phi) is 6.83. The van der Waals surface area contributed by atoms with Gasteiger partial charge in [-0.05, 0) is 54.7 Å². The first-order valence-corrected chi connectivity index (χ1v) is 12.9. The number of alkyl halides is 7. The number of sulfone groups is 1. The summed E-state index contributed by atoms with van der Waals surface area (Å²) in [5.74, 6) is -1.16. The summed E-state index contributed by atoms with van der Waals surface area (Å²) in [4.78, 5) is 13.4. The van der Waals surface area contributed by atoms with Crippen LogP contribution in [-0.2, 0) is 31.5 Å². The lowest BCUT2D eigenvalue weighted by Crippen LogP contribution is -2.53. The summed E-state index contributed by atoms with van der Waals surface area (Å²) in [6.07, 6.45) is -13.0. The number of carbonyl (C=O) groups excluding carboxylic acids is 1. The van der Waals surface area contributed by atoms with E-state index >= 15 is 0 Å². The summed E-state index contributed by atoms with van der Waals surface area (Å²) in [6.45, 7) is -0.136. The molecule has 1 amide bonds. The normalized spacial score (nSPS) is 22.6. The third-order valence-electron chi connectivity index (χ3n) is 7.41. The molecule has 1 aliphatic heterocycles. The van der Waals surface area contributed by atoms with E-state index < -0.39 is 55.9 Å². The van der Waals surface area contributed by atoms with Crippen molar-refractivity contribution in [3.8, 4) is 0 Å². The Hall–Kier alpha value is -2.74. The molecule has 0 bridgehead atoms. The number of hydrogen-bond acceptors (Lipinski definition) is 4. The van der Waals surface area contributed by atoms with Crippen LogP contribution in [-0.4, -0.2) is 57.8 Å². The van der Waals surface area contributed by atoms with Gasteiger partial charge in [0.25, 0.3) is 0 Å². The summed E-state index contributed by atoms with van der Waals surface area (Å²) < 4.78 is 135. The van der Waals surface area contributed by atoms with Crippen LogP contribution in [0.15, 0.2) is 47.4 Å². The number of likely N-dealkylation sites (N-methyl/N-ethyl adjacent to an activating group) is 1.